The Hall–Kier alpha value is -3.29. The largest absolute Gasteiger partial charge is 0.481 e. The van der Waals surface area contributed by atoms with Crippen molar-refractivity contribution in [3.8, 4) is 11.6 Å². The van der Waals surface area contributed by atoms with E-state index in [1.54, 1.807) is 6.92 Å². The highest BCUT2D eigenvalue weighted by atomic mass is 19.3. The van der Waals surface area contributed by atoms with E-state index in [9.17, 15) is 18.0 Å². The number of aromatic nitrogens is 1. The minimum atomic E-state index is -3.14. The molecule has 8 heteroatoms. The summed E-state index contributed by atoms with van der Waals surface area (Å²) in [6.45, 7) is 1.81. The molecular formula is C23H22F3NO4. The summed E-state index contributed by atoms with van der Waals surface area (Å²) in [5.74, 6) is -2.22. The number of carboxylic acids is 1. The lowest BCUT2D eigenvalue weighted by Crippen LogP contribution is -2.12. The Morgan fingerprint density at radius 3 is 2.55 bits per heavy atom. The molecule has 0 aliphatic carbocycles. The van der Waals surface area contributed by atoms with Gasteiger partial charge >= 0.3 is 12.6 Å². The second kappa shape index (κ2) is 9.24. The molecule has 0 bridgehead atoms. The third-order valence-corrected chi connectivity index (χ3v) is 5.12. The maximum atomic E-state index is 14.5. The molecular weight excluding hydrogens is 411 g/mol. The standard InChI is InChI=1S/C23H22F3NO4/c1-4-14-5-6-15(12(2)9-14)10-16-13(3)20-18(30-11-19(28)29)8-7-17(24)21(20)27-22(16)31-23(25)26/h5-9,23H,4,10-11H2,1-3H3,(H,28,29). The Bertz CT molecular complexity index is 1130. The molecule has 1 N–H and O–H groups in total. The zero-order valence-electron chi connectivity index (χ0n) is 17.3. The van der Waals surface area contributed by atoms with E-state index in [4.69, 9.17) is 9.84 Å². The molecule has 31 heavy (non-hydrogen) atoms. The number of benzene rings is 2. The number of halogens is 3. The summed E-state index contributed by atoms with van der Waals surface area (Å²) in [5.41, 5.74) is 3.56. The summed E-state index contributed by atoms with van der Waals surface area (Å²) >= 11 is 0. The first-order valence-electron chi connectivity index (χ1n) is 9.70. The molecule has 0 atom stereocenters. The molecule has 0 aliphatic rings. The van der Waals surface area contributed by atoms with Crippen LogP contribution in [0, 0.1) is 19.7 Å². The van der Waals surface area contributed by atoms with Gasteiger partial charge in [0, 0.05) is 17.4 Å². The Balaban J connectivity index is 2.20. The lowest BCUT2D eigenvalue weighted by atomic mass is 9.94. The van der Waals surface area contributed by atoms with Gasteiger partial charge in [-0.05, 0) is 54.7 Å². The molecule has 0 saturated carbocycles. The van der Waals surface area contributed by atoms with Crippen LogP contribution in [-0.2, 0) is 17.6 Å². The summed E-state index contributed by atoms with van der Waals surface area (Å²) < 4.78 is 50.6. The molecule has 3 aromatic rings. The van der Waals surface area contributed by atoms with Crippen LogP contribution in [0.2, 0.25) is 0 Å². The molecule has 0 unspecified atom stereocenters. The van der Waals surface area contributed by atoms with Gasteiger partial charge in [-0.2, -0.15) is 8.78 Å². The number of hydrogen-bond donors (Lipinski definition) is 1. The second-order valence-electron chi connectivity index (χ2n) is 7.14. The van der Waals surface area contributed by atoms with Gasteiger partial charge in [0.2, 0.25) is 5.88 Å². The molecule has 1 heterocycles. The van der Waals surface area contributed by atoms with E-state index in [0.29, 0.717) is 11.1 Å². The van der Waals surface area contributed by atoms with Crippen LogP contribution in [0.3, 0.4) is 0 Å². The Labute approximate surface area is 177 Å². The Morgan fingerprint density at radius 1 is 1.19 bits per heavy atom. The van der Waals surface area contributed by atoms with Crippen LogP contribution < -0.4 is 9.47 Å². The third kappa shape index (κ3) is 4.90. The van der Waals surface area contributed by atoms with Gasteiger partial charge in [0.05, 0.1) is 0 Å². The third-order valence-electron chi connectivity index (χ3n) is 5.12. The van der Waals surface area contributed by atoms with Gasteiger partial charge in [-0.25, -0.2) is 14.2 Å². The molecule has 2 aromatic carbocycles. The van der Waals surface area contributed by atoms with E-state index in [2.05, 4.69) is 9.72 Å². The van der Waals surface area contributed by atoms with Crippen molar-refractivity contribution in [2.45, 2.75) is 40.2 Å². The number of aryl methyl sites for hydroxylation is 3. The molecule has 0 aliphatic heterocycles. The quantitative estimate of drug-likeness (QED) is 0.528. The van der Waals surface area contributed by atoms with E-state index in [0.717, 1.165) is 29.2 Å². The lowest BCUT2D eigenvalue weighted by Gasteiger charge is -2.18. The normalized spacial score (nSPS) is 11.2. The van der Waals surface area contributed by atoms with E-state index >= 15 is 0 Å². The summed E-state index contributed by atoms with van der Waals surface area (Å²) in [6, 6.07) is 8.24. The number of pyridine rings is 1. The molecule has 1 aromatic heterocycles. The first-order chi connectivity index (χ1) is 14.7. The van der Waals surface area contributed by atoms with Crippen LogP contribution in [0.4, 0.5) is 13.2 Å². The molecule has 164 valence electrons. The SMILES string of the molecule is CCc1ccc(Cc2c(OC(F)F)nc3c(F)ccc(OCC(=O)O)c3c2C)c(C)c1. The highest BCUT2D eigenvalue weighted by Gasteiger charge is 2.22. The molecule has 0 spiro atoms. The van der Waals surface area contributed by atoms with Crippen molar-refractivity contribution in [2.24, 2.45) is 0 Å². The average Bonchev–Trinajstić information content (AvgIpc) is 2.71. The van der Waals surface area contributed by atoms with Crippen LogP contribution in [0.1, 0.15) is 34.7 Å². The molecule has 5 nitrogen and oxygen atoms in total. The molecule has 0 saturated heterocycles. The van der Waals surface area contributed by atoms with E-state index in [1.807, 2.05) is 32.0 Å². The topological polar surface area (TPSA) is 68.7 Å². The predicted molar refractivity (Wildman–Crippen MR) is 110 cm³/mol. The van der Waals surface area contributed by atoms with Gasteiger partial charge in [0.15, 0.2) is 6.61 Å². The number of hydrogen-bond acceptors (Lipinski definition) is 4. The summed E-state index contributed by atoms with van der Waals surface area (Å²) in [5, 5.41) is 9.14. The van der Waals surface area contributed by atoms with Crippen molar-refractivity contribution in [3.05, 3.63) is 64.0 Å². The van der Waals surface area contributed by atoms with Gasteiger partial charge in [0.25, 0.3) is 0 Å². The number of nitrogens with zero attached hydrogens (tertiary/aromatic N) is 1. The van der Waals surface area contributed by atoms with Crippen LogP contribution in [0.25, 0.3) is 10.9 Å². The molecule has 0 fully saturated rings. The number of alkyl halides is 2. The van der Waals surface area contributed by atoms with Crippen molar-refractivity contribution >= 4 is 16.9 Å². The van der Waals surface area contributed by atoms with Gasteiger partial charge < -0.3 is 14.6 Å². The van der Waals surface area contributed by atoms with E-state index in [1.165, 1.54) is 6.07 Å². The predicted octanol–water partition coefficient (Wildman–Crippen LogP) is 5.21. The zero-order valence-corrected chi connectivity index (χ0v) is 17.3. The number of aliphatic carboxylic acids is 1. The van der Waals surface area contributed by atoms with Crippen molar-refractivity contribution < 1.29 is 32.5 Å². The second-order valence-corrected chi connectivity index (χ2v) is 7.14. The maximum absolute atomic E-state index is 14.5. The van der Waals surface area contributed by atoms with Crippen molar-refractivity contribution in [2.75, 3.05) is 6.61 Å². The van der Waals surface area contributed by atoms with Crippen LogP contribution in [-0.4, -0.2) is 29.3 Å². The highest BCUT2D eigenvalue weighted by molar-refractivity contribution is 5.91. The van der Waals surface area contributed by atoms with Gasteiger partial charge in [-0.1, -0.05) is 25.1 Å². The van der Waals surface area contributed by atoms with Gasteiger partial charge in [-0.3, -0.25) is 0 Å². The summed E-state index contributed by atoms with van der Waals surface area (Å²) in [7, 11) is 0. The average molecular weight is 433 g/mol. The zero-order chi connectivity index (χ0) is 22.7. The highest BCUT2D eigenvalue weighted by Crippen LogP contribution is 2.37. The van der Waals surface area contributed by atoms with Crippen molar-refractivity contribution in [3.63, 3.8) is 0 Å². The lowest BCUT2D eigenvalue weighted by molar-refractivity contribution is -0.139. The van der Waals surface area contributed by atoms with E-state index < -0.39 is 25.0 Å². The molecule has 0 amide bonds. The number of rotatable bonds is 8. The minimum Gasteiger partial charge on any atom is -0.481 e. The summed E-state index contributed by atoms with van der Waals surface area (Å²) in [4.78, 5) is 14.9. The fraction of sp³-hybridized carbons (Fsp3) is 0.304. The monoisotopic (exact) mass is 433 g/mol. The first kappa shape index (κ1) is 22.4. The van der Waals surface area contributed by atoms with Crippen LogP contribution >= 0.6 is 0 Å². The smallest absolute Gasteiger partial charge is 0.388 e. The van der Waals surface area contributed by atoms with Gasteiger partial charge in [-0.15, -0.1) is 0 Å². The summed E-state index contributed by atoms with van der Waals surface area (Å²) in [6.07, 6.45) is 1.09. The fourth-order valence-corrected chi connectivity index (χ4v) is 3.52. The van der Waals surface area contributed by atoms with Crippen LogP contribution in [0.15, 0.2) is 30.3 Å². The maximum Gasteiger partial charge on any atom is 0.388 e. The van der Waals surface area contributed by atoms with E-state index in [-0.39, 0.29) is 29.0 Å². The fourth-order valence-electron chi connectivity index (χ4n) is 3.52. The number of fused-ring (bicyclic) bond motifs is 1. The number of carboxylic acid groups (broad SMARTS) is 1. The number of ether oxygens (including phenoxy) is 2. The van der Waals surface area contributed by atoms with Gasteiger partial charge in [0.1, 0.15) is 17.1 Å². The molecule has 3 rings (SSSR count). The Morgan fingerprint density at radius 2 is 1.94 bits per heavy atom. The number of carbonyl (C=O) groups is 1. The minimum absolute atomic E-state index is 0.103. The van der Waals surface area contributed by atoms with Crippen molar-refractivity contribution in [1.29, 1.82) is 0 Å². The first-order valence-corrected chi connectivity index (χ1v) is 9.70. The van der Waals surface area contributed by atoms with Crippen LogP contribution in [0.5, 0.6) is 11.6 Å². The molecule has 0 radical (unpaired) electrons. The van der Waals surface area contributed by atoms with Crippen molar-refractivity contribution in [1.82, 2.24) is 4.98 Å². The Kier molecular flexibility index (Phi) is 6.68.